The fraction of sp³-hybridized carbons (Fsp3) is 0.192. The molecule has 1 aliphatic heterocycles. The number of piperazine rings is 1. The minimum Gasteiger partial charge on any atom is -0.355 e. The van der Waals surface area contributed by atoms with Gasteiger partial charge in [-0.15, -0.1) is 0 Å². The molecule has 3 aromatic heterocycles. The van der Waals surface area contributed by atoms with Crippen molar-refractivity contribution in [2.24, 2.45) is 0 Å². The molecule has 0 unspecified atom stereocenters. The first-order chi connectivity index (χ1) is 17.2. The summed E-state index contributed by atoms with van der Waals surface area (Å²) >= 11 is 0. The molecule has 35 heavy (non-hydrogen) atoms. The first kappa shape index (κ1) is 21.0. The molecule has 1 amide bonds. The highest BCUT2D eigenvalue weighted by Gasteiger charge is 2.24. The van der Waals surface area contributed by atoms with Crippen LogP contribution in [-0.2, 0) is 0 Å². The van der Waals surface area contributed by atoms with Crippen LogP contribution in [0.1, 0.15) is 16.2 Å². The predicted octanol–water partition coefficient (Wildman–Crippen LogP) is 3.74. The number of aromatic nitrogens is 5. The average molecular weight is 466 g/mol. The van der Waals surface area contributed by atoms with Crippen LogP contribution in [0.4, 0.5) is 5.82 Å². The van der Waals surface area contributed by atoms with Crippen molar-refractivity contribution in [3.05, 3.63) is 84.7 Å². The standard InChI is InChI=1S/C26H23N7O2/c1-18-28-23(16-24(29-18)33-10-9-27-17-33)31-11-13-32(14-12-31)26(34)20-7-8-22-21(15-20)25(35-30-22)19-5-3-2-4-6-19/h2-10,15-17H,11-14H2,1H3. The van der Waals surface area contributed by atoms with E-state index in [4.69, 9.17) is 4.52 Å². The molecular formula is C26H23N7O2. The second-order valence-corrected chi connectivity index (χ2v) is 8.49. The Labute approximate surface area is 201 Å². The van der Waals surface area contributed by atoms with Gasteiger partial charge in [0.2, 0.25) is 0 Å². The molecule has 0 spiro atoms. The van der Waals surface area contributed by atoms with Crippen molar-refractivity contribution in [1.29, 1.82) is 0 Å². The van der Waals surface area contributed by atoms with Crippen LogP contribution < -0.4 is 4.90 Å². The SMILES string of the molecule is Cc1nc(N2CCN(C(=O)c3ccc4noc(-c5ccccc5)c4c3)CC2)cc(-n2ccnc2)n1. The van der Waals surface area contributed by atoms with Crippen molar-refractivity contribution in [3.63, 3.8) is 0 Å². The van der Waals surface area contributed by atoms with Crippen LogP contribution in [0.3, 0.4) is 0 Å². The second-order valence-electron chi connectivity index (χ2n) is 8.49. The molecule has 0 bridgehead atoms. The number of imidazole rings is 1. The summed E-state index contributed by atoms with van der Waals surface area (Å²) in [4.78, 5) is 30.7. The van der Waals surface area contributed by atoms with Gasteiger partial charge in [0.15, 0.2) is 5.76 Å². The number of carbonyl (C=O) groups excluding carboxylic acids is 1. The maximum absolute atomic E-state index is 13.3. The summed E-state index contributed by atoms with van der Waals surface area (Å²) in [5.41, 5.74) is 2.30. The minimum atomic E-state index is 0.00438. The summed E-state index contributed by atoms with van der Waals surface area (Å²) in [5.74, 6) is 3.00. The number of aryl methyl sites for hydroxylation is 1. The average Bonchev–Trinajstić information content (AvgIpc) is 3.59. The zero-order valence-corrected chi connectivity index (χ0v) is 19.2. The number of amides is 1. The number of fused-ring (bicyclic) bond motifs is 1. The molecule has 174 valence electrons. The number of nitrogens with zero attached hydrogens (tertiary/aromatic N) is 7. The topological polar surface area (TPSA) is 93.2 Å². The quantitative estimate of drug-likeness (QED) is 0.399. The lowest BCUT2D eigenvalue weighted by Gasteiger charge is -2.35. The Hall–Kier alpha value is -4.53. The summed E-state index contributed by atoms with van der Waals surface area (Å²) in [5, 5.41) is 5.00. The molecule has 1 saturated heterocycles. The summed E-state index contributed by atoms with van der Waals surface area (Å²) in [7, 11) is 0. The van der Waals surface area contributed by atoms with Crippen LogP contribution >= 0.6 is 0 Å². The van der Waals surface area contributed by atoms with Crippen molar-refractivity contribution in [1.82, 2.24) is 29.6 Å². The van der Waals surface area contributed by atoms with E-state index in [2.05, 4.69) is 25.0 Å². The Bertz CT molecular complexity index is 1490. The second kappa shape index (κ2) is 8.68. The van der Waals surface area contributed by atoms with E-state index in [0.29, 0.717) is 43.3 Å². The van der Waals surface area contributed by atoms with E-state index in [1.807, 2.05) is 77.2 Å². The van der Waals surface area contributed by atoms with Gasteiger partial charge in [0.25, 0.3) is 5.91 Å². The van der Waals surface area contributed by atoms with Gasteiger partial charge in [-0.2, -0.15) is 0 Å². The van der Waals surface area contributed by atoms with E-state index < -0.39 is 0 Å². The van der Waals surface area contributed by atoms with E-state index in [1.165, 1.54) is 0 Å². The summed E-state index contributed by atoms with van der Waals surface area (Å²) in [6, 6.07) is 17.3. The monoisotopic (exact) mass is 465 g/mol. The number of carbonyl (C=O) groups is 1. The Morgan fingerprint density at radius 3 is 2.51 bits per heavy atom. The third-order valence-corrected chi connectivity index (χ3v) is 6.23. The fourth-order valence-corrected chi connectivity index (χ4v) is 4.42. The van der Waals surface area contributed by atoms with Crippen molar-refractivity contribution in [2.75, 3.05) is 31.1 Å². The minimum absolute atomic E-state index is 0.00438. The van der Waals surface area contributed by atoms with Gasteiger partial charge in [-0.05, 0) is 25.1 Å². The van der Waals surface area contributed by atoms with Crippen LogP contribution in [0.5, 0.6) is 0 Å². The Morgan fingerprint density at radius 2 is 1.74 bits per heavy atom. The third kappa shape index (κ3) is 4.01. The van der Waals surface area contributed by atoms with Gasteiger partial charge in [0.1, 0.15) is 29.3 Å². The molecule has 1 fully saturated rings. The van der Waals surface area contributed by atoms with Gasteiger partial charge in [-0.25, -0.2) is 15.0 Å². The van der Waals surface area contributed by atoms with Crippen molar-refractivity contribution in [3.8, 4) is 17.1 Å². The highest BCUT2D eigenvalue weighted by atomic mass is 16.5. The molecule has 9 heteroatoms. The number of hydrogen-bond acceptors (Lipinski definition) is 7. The molecule has 2 aromatic carbocycles. The predicted molar refractivity (Wildman–Crippen MR) is 131 cm³/mol. The number of anilines is 1. The van der Waals surface area contributed by atoms with Gasteiger partial charge >= 0.3 is 0 Å². The van der Waals surface area contributed by atoms with Crippen LogP contribution in [0, 0.1) is 6.92 Å². The van der Waals surface area contributed by atoms with E-state index in [1.54, 1.807) is 12.5 Å². The van der Waals surface area contributed by atoms with Gasteiger partial charge < -0.3 is 14.3 Å². The van der Waals surface area contributed by atoms with E-state index in [9.17, 15) is 4.79 Å². The smallest absolute Gasteiger partial charge is 0.254 e. The lowest BCUT2D eigenvalue weighted by Crippen LogP contribution is -2.49. The lowest BCUT2D eigenvalue weighted by molar-refractivity contribution is 0.0746. The highest BCUT2D eigenvalue weighted by Crippen LogP contribution is 2.29. The lowest BCUT2D eigenvalue weighted by atomic mass is 10.1. The van der Waals surface area contributed by atoms with Gasteiger partial charge in [0, 0.05) is 55.8 Å². The van der Waals surface area contributed by atoms with E-state index in [-0.39, 0.29) is 5.91 Å². The van der Waals surface area contributed by atoms with Crippen LogP contribution in [0.25, 0.3) is 28.0 Å². The van der Waals surface area contributed by atoms with Gasteiger partial charge in [-0.1, -0.05) is 35.5 Å². The largest absolute Gasteiger partial charge is 0.355 e. The van der Waals surface area contributed by atoms with E-state index >= 15 is 0 Å². The van der Waals surface area contributed by atoms with E-state index in [0.717, 1.165) is 28.1 Å². The summed E-state index contributed by atoms with van der Waals surface area (Å²) < 4.78 is 7.45. The van der Waals surface area contributed by atoms with Gasteiger partial charge in [-0.3, -0.25) is 9.36 Å². The zero-order valence-electron chi connectivity index (χ0n) is 19.2. The molecule has 0 saturated carbocycles. The molecule has 5 aromatic rings. The Balaban J connectivity index is 1.20. The maximum atomic E-state index is 13.3. The molecule has 0 radical (unpaired) electrons. The third-order valence-electron chi connectivity index (χ3n) is 6.23. The van der Waals surface area contributed by atoms with Crippen LogP contribution in [0.15, 0.2) is 77.8 Å². The first-order valence-electron chi connectivity index (χ1n) is 11.5. The summed E-state index contributed by atoms with van der Waals surface area (Å²) in [6.45, 7) is 4.48. The molecular weight excluding hydrogens is 442 g/mol. The Morgan fingerprint density at radius 1 is 0.943 bits per heavy atom. The highest BCUT2D eigenvalue weighted by molar-refractivity contribution is 6.01. The summed E-state index contributed by atoms with van der Waals surface area (Å²) in [6.07, 6.45) is 5.30. The van der Waals surface area contributed by atoms with Crippen LogP contribution in [-0.4, -0.2) is 61.7 Å². The molecule has 4 heterocycles. The number of benzene rings is 2. The molecule has 0 N–H and O–H groups in total. The molecule has 1 aliphatic rings. The Kier molecular flexibility index (Phi) is 5.21. The van der Waals surface area contributed by atoms with Crippen molar-refractivity contribution in [2.45, 2.75) is 6.92 Å². The fourth-order valence-electron chi connectivity index (χ4n) is 4.42. The number of rotatable bonds is 4. The number of hydrogen-bond donors (Lipinski definition) is 0. The zero-order chi connectivity index (χ0) is 23.8. The first-order valence-corrected chi connectivity index (χ1v) is 11.5. The van der Waals surface area contributed by atoms with Crippen molar-refractivity contribution >= 4 is 22.6 Å². The van der Waals surface area contributed by atoms with Crippen molar-refractivity contribution < 1.29 is 9.32 Å². The molecule has 0 atom stereocenters. The molecule has 6 rings (SSSR count). The van der Waals surface area contributed by atoms with Crippen LogP contribution in [0.2, 0.25) is 0 Å². The molecule has 0 aliphatic carbocycles. The molecule has 9 nitrogen and oxygen atoms in total. The maximum Gasteiger partial charge on any atom is 0.254 e. The normalized spacial score (nSPS) is 14.0. The van der Waals surface area contributed by atoms with Gasteiger partial charge in [0.05, 0.1) is 5.39 Å².